The van der Waals surface area contributed by atoms with Crippen LogP contribution in [0.15, 0.2) is 30.3 Å². The summed E-state index contributed by atoms with van der Waals surface area (Å²) < 4.78 is 24.2. The molecule has 0 aliphatic heterocycles. The van der Waals surface area contributed by atoms with Crippen molar-refractivity contribution < 1.29 is 38.4 Å². The van der Waals surface area contributed by atoms with Crippen LogP contribution in [-0.4, -0.2) is 46.0 Å². The van der Waals surface area contributed by atoms with E-state index in [9.17, 15) is 24.1 Å². The van der Waals surface area contributed by atoms with Gasteiger partial charge in [-0.25, -0.2) is 0 Å². The lowest BCUT2D eigenvalue weighted by molar-refractivity contribution is -0.154. The molecule has 0 spiro atoms. The van der Waals surface area contributed by atoms with Crippen LogP contribution in [0.1, 0.15) is 45.6 Å². The Morgan fingerprint density at radius 2 is 1.69 bits per heavy atom. The summed E-state index contributed by atoms with van der Waals surface area (Å²) in [6.07, 6.45) is -1.23. The summed E-state index contributed by atoms with van der Waals surface area (Å²) in [4.78, 5) is 34.3. The van der Waals surface area contributed by atoms with Crippen LogP contribution in [0.4, 0.5) is 0 Å². The molecule has 0 saturated carbocycles. The number of carboxylic acids is 2. The minimum Gasteiger partial charge on any atom is -0.481 e. The Kier molecular flexibility index (Phi) is 9.53. The fourth-order valence-electron chi connectivity index (χ4n) is 2.56. The van der Waals surface area contributed by atoms with Crippen LogP contribution in [0.3, 0.4) is 0 Å². The molecule has 1 aromatic rings. The SMILES string of the molecule is CC(C)(C)OC(=O)CCP(=O)(CC(CCC(=O)O)C(=O)O)OCc1ccccc1. The van der Waals surface area contributed by atoms with Crippen LogP contribution in [0.25, 0.3) is 0 Å². The van der Waals surface area contributed by atoms with Gasteiger partial charge < -0.3 is 19.5 Å². The normalized spacial score (nSPS) is 14.6. The summed E-state index contributed by atoms with van der Waals surface area (Å²) in [7, 11) is -3.55. The summed E-state index contributed by atoms with van der Waals surface area (Å²) >= 11 is 0. The third kappa shape index (κ3) is 10.8. The first-order valence-corrected chi connectivity index (χ1v) is 11.3. The lowest BCUT2D eigenvalue weighted by Crippen LogP contribution is -2.25. The fourth-order valence-corrected chi connectivity index (χ4v) is 4.89. The summed E-state index contributed by atoms with van der Waals surface area (Å²) in [5.74, 6) is -4.08. The average molecular weight is 428 g/mol. The topological polar surface area (TPSA) is 127 Å². The summed E-state index contributed by atoms with van der Waals surface area (Å²) in [5, 5.41) is 18.2. The first kappa shape index (κ1) is 24.9. The molecule has 0 heterocycles. The molecule has 9 heteroatoms. The average Bonchev–Trinajstić information content (AvgIpc) is 2.61. The second-order valence-electron chi connectivity index (χ2n) is 7.78. The number of carbonyl (C=O) groups is 3. The van der Waals surface area contributed by atoms with Gasteiger partial charge in [-0.15, -0.1) is 0 Å². The quantitative estimate of drug-likeness (QED) is 0.380. The first-order chi connectivity index (χ1) is 13.4. The molecular weight excluding hydrogens is 399 g/mol. The van der Waals surface area contributed by atoms with Gasteiger partial charge in [0.2, 0.25) is 7.37 Å². The Morgan fingerprint density at radius 3 is 2.21 bits per heavy atom. The van der Waals surface area contributed by atoms with E-state index in [1.165, 1.54) is 0 Å². The third-order valence-corrected chi connectivity index (χ3v) is 6.44. The lowest BCUT2D eigenvalue weighted by atomic mass is 10.1. The number of hydrogen-bond acceptors (Lipinski definition) is 6. The molecule has 0 aliphatic rings. The van der Waals surface area contributed by atoms with E-state index in [0.717, 1.165) is 5.56 Å². The van der Waals surface area contributed by atoms with Crippen molar-refractivity contribution in [3.05, 3.63) is 35.9 Å². The second-order valence-corrected chi connectivity index (χ2v) is 10.5. The van der Waals surface area contributed by atoms with Crippen molar-refractivity contribution in [3.63, 3.8) is 0 Å². The van der Waals surface area contributed by atoms with Gasteiger partial charge in [-0.3, -0.25) is 18.9 Å². The number of benzene rings is 1. The van der Waals surface area contributed by atoms with Crippen molar-refractivity contribution in [2.75, 3.05) is 12.3 Å². The highest BCUT2D eigenvalue weighted by Crippen LogP contribution is 2.50. The molecule has 8 nitrogen and oxygen atoms in total. The molecule has 2 N–H and O–H groups in total. The summed E-state index contributed by atoms with van der Waals surface area (Å²) in [6.45, 7) is 5.13. The first-order valence-electron chi connectivity index (χ1n) is 9.33. The number of carbonyl (C=O) groups excluding carboxylic acids is 1. The molecule has 0 radical (unpaired) electrons. The van der Waals surface area contributed by atoms with Crippen molar-refractivity contribution in [1.29, 1.82) is 0 Å². The standard InChI is InChI=1S/C20H29O8P/c1-20(2,3)28-18(23)11-12-29(26,27-13-15-7-5-4-6-8-15)14-16(19(24)25)9-10-17(21)22/h4-8,16H,9-14H2,1-3H3,(H,21,22)(H,24,25). The molecular formula is C20H29O8P. The molecule has 0 aliphatic carbocycles. The zero-order valence-electron chi connectivity index (χ0n) is 17.0. The molecule has 162 valence electrons. The maximum Gasteiger partial charge on any atom is 0.307 e. The van der Waals surface area contributed by atoms with Gasteiger partial charge in [0.15, 0.2) is 0 Å². The molecule has 29 heavy (non-hydrogen) atoms. The van der Waals surface area contributed by atoms with E-state index < -0.39 is 36.8 Å². The van der Waals surface area contributed by atoms with Crippen LogP contribution in [-0.2, 0) is 34.8 Å². The highest BCUT2D eigenvalue weighted by molar-refractivity contribution is 7.59. The zero-order chi connectivity index (χ0) is 22.1. The van der Waals surface area contributed by atoms with Crippen LogP contribution in [0.5, 0.6) is 0 Å². The predicted octanol–water partition coefficient (Wildman–Crippen LogP) is 3.78. The molecule has 0 fully saturated rings. The van der Waals surface area contributed by atoms with Crippen molar-refractivity contribution in [3.8, 4) is 0 Å². The fraction of sp³-hybridized carbons (Fsp3) is 0.550. The largest absolute Gasteiger partial charge is 0.481 e. The van der Waals surface area contributed by atoms with Gasteiger partial charge in [0, 0.05) is 18.7 Å². The van der Waals surface area contributed by atoms with Crippen molar-refractivity contribution >= 4 is 25.3 Å². The van der Waals surface area contributed by atoms with E-state index in [4.69, 9.17) is 14.4 Å². The van der Waals surface area contributed by atoms with Gasteiger partial charge >= 0.3 is 17.9 Å². The minimum atomic E-state index is -3.55. The Bertz CT molecular complexity index is 739. The van der Waals surface area contributed by atoms with Crippen LogP contribution in [0, 0.1) is 5.92 Å². The lowest BCUT2D eigenvalue weighted by Gasteiger charge is -2.23. The number of esters is 1. The van der Waals surface area contributed by atoms with E-state index in [1.54, 1.807) is 45.0 Å². The Balaban J connectivity index is 2.89. The molecule has 0 saturated heterocycles. The number of ether oxygens (including phenoxy) is 1. The molecule has 0 amide bonds. The van der Waals surface area contributed by atoms with Crippen LogP contribution >= 0.6 is 7.37 Å². The maximum atomic E-state index is 13.4. The monoisotopic (exact) mass is 428 g/mol. The summed E-state index contributed by atoms with van der Waals surface area (Å²) in [6, 6.07) is 8.95. The molecule has 0 aromatic heterocycles. The van der Waals surface area contributed by atoms with E-state index in [1.807, 2.05) is 6.07 Å². The highest BCUT2D eigenvalue weighted by atomic mass is 31.2. The van der Waals surface area contributed by atoms with Gasteiger partial charge in [0.1, 0.15) is 5.60 Å². The maximum absolute atomic E-state index is 13.4. The number of carboxylic acid groups (broad SMARTS) is 2. The molecule has 0 bridgehead atoms. The van der Waals surface area contributed by atoms with Gasteiger partial charge in [0.25, 0.3) is 0 Å². The van der Waals surface area contributed by atoms with E-state index in [2.05, 4.69) is 0 Å². The van der Waals surface area contributed by atoms with Crippen molar-refractivity contribution in [1.82, 2.24) is 0 Å². The van der Waals surface area contributed by atoms with E-state index in [0.29, 0.717) is 0 Å². The molecule has 2 atom stereocenters. The molecule has 1 rings (SSSR count). The van der Waals surface area contributed by atoms with Gasteiger partial charge in [0.05, 0.1) is 18.9 Å². The predicted molar refractivity (Wildman–Crippen MR) is 107 cm³/mol. The van der Waals surface area contributed by atoms with Gasteiger partial charge in [-0.05, 0) is 32.8 Å². The zero-order valence-corrected chi connectivity index (χ0v) is 17.9. The Hall–Kier alpha value is -2.18. The van der Waals surface area contributed by atoms with Crippen molar-refractivity contribution in [2.24, 2.45) is 5.92 Å². The third-order valence-electron chi connectivity index (χ3n) is 3.94. The number of rotatable bonds is 12. The number of aliphatic carboxylic acids is 2. The van der Waals surface area contributed by atoms with Gasteiger partial charge in [-0.2, -0.15) is 0 Å². The van der Waals surface area contributed by atoms with Gasteiger partial charge in [-0.1, -0.05) is 30.3 Å². The molecule has 2 unspecified atom stereocenters. The Morgan fingerprint density at radius 1 is 1.07 bits per heavy atom. The second kappa shape index (κ2) is 11.1. The summed E-state index contributed by atoms with van der Waals surface area (Å²) in [5.41, 5.74) is 0.0549. The smallest absolute Gasteiger partial charge is 0.307 e. The molecule has 1 aromatic carbocycles. The number of hydrogen-bond donors (Lipinski definition) is 2. The van der Waals surface area contributed by atoms with E-state index in [-0.39, 0.29) is 38.2 Å². The minimum absolute atomic E-state index is 0.00228. The highest BCUT2D eigenvalue weighted by Gasteiger charge is 2.33. The van der Waals surface area contributed by atoms with Crippen LogP contribution < -0.4 is 0 Å². The Labute approximate surface area is 170 Å². The van der Waals surface area contributed by atoms with Crippen LogP contribution in [0.2, 0.25) is 0 Å². The van der Waals surface area contributed by atoms with Crippen molar-refractivity contribution in [2.45, 2.75) is 52.2 Å². The van der Waals surface area contributed by atoms with E-state index >= 15 is 0 Å².